The zero-order valence-electron chi connectivity index (χ0n) is 11.1. The summed E-state index contributed by atoms with van der Waals surface area (Å²) < 4.78 is 0. The molecule has 1 aliphatic carbocycles. The molecule has 2 atom stereocenters. The van der Waals surface area contributed by atoms with Crippen molar-refractivity contribution in [1.82, 2.24) is 0 Å². The Morgan fingerprint density at radius 2 is 2.10 bits per heavy atom. The molecule has 0 saturated heterocycles. The summed E-state index contributed by atoms with van der Waals surface area (Å²) in [4.78, 5) is 10.6. The molecule has 2 rings (SSSR count). The van der Waals surface area contributed by atoms with Crippen molar-refractivity contribution in [2.75, 3.05) is 5.32 Å². The maximum absolute atomic E-state index is 11.1. The molecule has 0 aliphatic heterocycles. The largest absolute Gasteiger partial charge is 0.391 e. The summed E-state index contributed by atoms with van der Waals surface area (Å²) >= 11 is 0. The molecular formula is C14H17N3O3. The minimum absolute atomic E-state index is 0.0307. The van der Waals surface area contributed by atoms with Gasteiger partial charge in [0.05, 0.1) is 17.1 Å². The fourth-order valence-corrected chi connectivity index (χ4v) is 2.60. The second kappa shape index (κ2) is 6.35. The van der Waals surface area contributed by atoms with Crippen LogP contribution in [0.25, 0.3) is 0 Å². The number of nitrogens with one attached hydrogen (secondary N) is 1. The van der Waals surface area contributed by atoms with Crippen molar-refractivity contribution in [2.24, 2.45) is 0 Å². The number of rotatable bonds is 3. The molecule has 2 N–H and O–H groups in total. The number of hydrogen-bond acceptors (Lipinski definition) is 5. The Kier molecular flexibility index (Phi) is 4.53. The van der Waals surface area contributed by atoms with E-state index in [0.717, 1.165) is 25.7 Å². The third-order valence-corrected chi connectivity index (χ3v) is 3.66. The number of hydrogen-bond donors (Lipinski definition) is 2. The molecule has 0 spiro atoms. The van der Waals surface area contributed by atoms with Crippen molar-refractivity contribution in [1.29, 1.82) is 5.26 Å². The van der Waals surface area contributed by atoms with Crippen molar-refractivity contribution in [2.45, 2.75) is 44.2 Å². The average molecular weight is 275 g/mol. The molecular weight excluding hydrogens is 258 g/mol. The number of para-hydroxylation sites is 1. The van der Waals surface area contributed by atoms with Crippen molar-refractivity contribution >= 4 is 11.4 Å². The highest BCUT2D eigenvalue weighted by Crippen LogP contribution is 2.30. The highest BCUT2D eigenvalue weighted by molar-refractivity contribution is 5.68. The zero-order valence-corrected chi connectivity index (χ0v) is 11.1. The Morgan fingerprint density at radius 3 is 2.80 bits per heavy atom. The van der Waals surface area contributed by atoms with E-state index < -0.39 is 11.0 Å². The predicted molar refractivity (Wildman–Crippen MR) is 74.3 cm³/mol. The summed E-state index contributed by atoms with van der Waals surface area (Å²) in [6, 6.07) is 6.24. The van der Waals surface area contributed by atoms with Crippen LogP contribution in [-0.2, 0) is 0 Å². The second-order valence-electron chi connectivity index (χ2n) is 5.03. The number of nitriles is 1. The van der Waals surface area contributed by atoms with Crippen LogP contribution in [0.5, 0.6) is 0 Å². The number of nitro benzene ring substituents is 1. The molecule has 0 amide bonds. The van der Waals surface area contributed by atoms with Gasteiger partial charge in [-0.25, -0.2) is 0 Å². The van der Waals surface area contributed by atoms with Gasteiger partial charge < -0.3 is 10.4 Å². The van der Waals surface area contributed by atoms with Crippen molar-refractivity contribution < 1.29 is 10.0 Å². The van der Waals surface area contributed by atoms with Crippen LogP contribution in [0.1, 0.15) is 37.7 Å². The van der Waals surface area contributed by atoms with Crippen LogP contribution in [0.4, 0.5) is 11.4 Å². The Balaban J connectivity index is 2.28. The van der Waals surface area contributed by atoms with Crippen LogP contribution in [0.2, 0.25) is 0 Å². The standard InChI is InChI=1S/C14H17N3O3/c15-9-10-5-4-7-12(14(10)17(19)20)16-11-6-2-1-3-8-13(11)18/h4-5,7,11,13,16,18H,1-3,6,8H2. The maximum Gasteiger partial charge on any atom is 0.309 e. The lowest BCUT2D eigenvalue weighted by Crippen LogP contribution is -2.32. The highest BCUT2D eigenvalue weighted by Gasteiger charge is 2.26. The maximum atomic E-state index is 11.1. The van der Waals surface area contributed by atoms with E-state index in [4.69, 9.17) is 5.26 Å². The molecule has 0 aromatic heterocycles. The molecule has 0 heterocycles. The number of aliphatic hydroxyl groups is 1. The quantitative estimate of drug-likeness (QED) is 0.501. The second-order valence-corrected chi connectivity index (χ2v) is 5.03. The van der Waals surface area contributed by atoms with E-state index in [1.807, 2.05) is 6.07 Å². The number of nitrogens with zero attached hydrogens (tertiary/aromatic N) is 2. The fourth-order valence-electron chi connectivity index (χ4n) is 2.60. The summed E-state index contributed by atoms with van der Waals surface area (Å²) in [5.41, 5.74) is 0.120. The molecule has 1 aliphatic rings. The first-order valence-corrected chi connectivity index (χ1v) is 6.75. The summed E-state index contributed by atoms with van der Waals surface area (Å²) in [6.45, 7) is 0. The van der Waals surface area contributed by atoms with E-state index in [2.05, 4.69) is 5.32 Å². The molecule has 0 radical (unpaired) electrons. The van der Waals surface area contributed by atoms with Crippen molar-refractivity contribution in [3.05, 3.63) is 33.9 Å². The SMILES string of the molecule is N#Cc1cccc(NC2CCCCCC2O)c1[N+](=O)[O-]. The van der Waals surface area contributed by atoms with Gasteiger partial charge in [-0.1, -0.05) is 25.3 Å². The Morgan fingerprint density at radius 1 is 1.35 bits per heavy atom. The van der Waals surface area contributed by atoms with E-state index in [0.29, 0.717) is 12.1 Å². The molecule has 1 fully saturated rings. The van der Waals surface area contributed by atoms with Gasteiger partial charge in [0.1, 0.15) is 17.3 Å². The molecule has 0 bridgehead atoms. The van der Waals surface area contributed by atoms with E-state index in [1.165, 1.54) is 6.07 Å². The van der Waals surface area contributed by atoms with Crippen molar-refractivity contribution in [3.8, 4) is 6.07 Å². The number of aliphatic hydroxyl groups excluding tert-OH is 1. The van der Waals surface area contributed by atoms with Gasteiger partial charge in [0, 0.05) is 0 Å². The molecule has 1 saturated carbocycles. The molecule has 1 aromatic carbocycles. The van der Waals surface area contributed by atoms with Crippen LogP contribution in [0, 0.1) is 21.4 Å². The minimum Gasteiger partial charge on any atom is -0.391 e. The normalized spacial score (nSPS) is 22.6. The van der Waals surface area contributed by atoms with Gasteiger partial charge in [-0.05, 0) is 25.0 Å². The van der Waals surface area contributed by atoms with Crippen LogP contribution in [-0.4, -0.2) is 22.2 Å². The van der Waals surface area contributed by atoms with Gasteiger partial charge in [0.2, 0.25) is 0 Å². The predicted octanol–water partition coefficient (Wildman–Crippen LogP) is 2.57. The molecule has 20 heavy (non-hydrogen) atoms. The van der Waals surface area contributed by atoms with E-state index in [1.54, 1.807) is 12.1 Å². The Labute approximate surface area is 117 Å². The van der Waals surface area contributed by atoms with Gasteiger partial charge in [0.15, 0.2) is 0 Å². The minimum atomic E-state index is -0.552. The number of nitro groups is 1. The first-order valence-electron chi connectivity index (χ1n) is 6.75. The molecule has 106 valence electrons. The van der Waals surface area contributed by atoms with Gasteiger partial charge in [-0.2, -0.15) is 5.26 Å². The number of benzene rings is 1. The fraction of sp³-hybridized carbons (Fsp3) is 0.500. The van der Waals surface area contributed by atoms with Gasteiger partial charge in [-0.3, -0.25) is 10.1 Å². The lowest BCUT2D eigenvalue weighted by molar-refractivity contribution is -0.384. The van der Waals surface area contributed by atoms with Gasteiger partial charge >= 0.3 is 5.69 Å². The monoisotopic (exact) mass is 275 g/mol. The van der Waals surface area contributed by atoms with Crippen LogP contribution in [0.3, 0.4) is 0 Å². The number of anilines is 1. The third kappa shape index (κ3) is 3.06. The summed E-state index contributed by atoms with van der Waals surface area (Å²) in [7, 11) is 0. The van der Waals surface area contributed by atoms with E-state index >= 15 is 0 Å². The van der Waals surface area contributed by atoms with Crippen LogP contribution >= 0.6 is 0 Å². The molecule has 1 aromatic rings. The smallest absolute Gasteiger partial charge is 0.309 e. The Bertz CT molecular complexity index is 539. The van der Waals surface area contributed by atoms with Gasteiger partial charge in [-0.15, -0.1) is 0 Å². The van der Waals surface area contributed by atoms with E-state index in [9.17, 15) is 15.2 Å². The van der Waals surface area contributed by atoms with E-state index in [-0.39, 0.29) is 17.3 Å². The van der Waals surface area contributed by atoms with Gasteiger partial charge in [0.25, 0.3) is 0 Å². The van der Waals surface area contributed by atoms with Crippen LogP contribution in [0.15, 0.2) is 18.2 Å². The Hall–Kier alpha value is -2.13. The molecule has 6 nitrogen and oxygen atoms in total. The van der Waals surface area contributed by atoms with Crippen molar-refractivity contribution in [3.63, 3.8) is 0 Å². The summed E-state index contributed by atoms with van der Waals surface area (Å²) in [5.74, 6) is 0. The first kappa shape index (κ1) is 14.3. The lowest BCUT2D eigenvalue weighted by atomic mass is 10.0. The van der Waals surface area contributed by atoms with Crippen LogP contribution < -0.4 is 5.32 Å². The molecule has 2 unspecified atom stereocenters. The highest BCUT2D eigenvalue weighted by atomic mass is 16.6. The topological polar surface area (TPSA) is 99.2 Å². The average Bonchev–Trinajstić information content (AvgIpc) is 2.63. The summed E-state index contributed by atoms with van der Waals surface area (Å²) in [6.07, 6.45) is 3.98. The third-order valence-electron chi connectivity index (χ3n) is 3.66. The zero-order chi connectivity index (χ0) is 14.5. The molecule has 6 heteroatoms. The lowest BCUT2D eigenvalue weighted by Gasteiger charge is -2.22. The summed E-state index contributed by atoms with van der Waals surface area (Å²) in [5, 5.41) is 33.2. The first-order chi connectivity index (χ1) is 9.63.